The molecule has 20 heavy (non-hydrogen) atoms. The van der Waals surface area contributed by atoms with Gasteiger partial charge in [-0.15, -0.1) is 12.6 Å². The Hall–Kier alpha value is -1.65. The van der Waals surface area contributed by atoms with Crippen LogP contribution in [0, 0.1) is 0 Å². The minimum absolute atomic E-state index is 0.268. The lowest BCUT2D eigenvalue weighted by molar-refractivity contribution is 0.102. The van der Waals surface area contributed by atoms with Gasteiger partial charge in [0.2, 0.25) is 0 Å². The van der Waals surface area contributed by atoms with Crippen LogP contribution in [0.4, 0.5) is 5.69 Å². The van der Waals surface area contributed by atoms with Gasteiger partial charge in [-0.1, -0.05) is 11.6 Å². The van der Waals surface area contributed by atoms with E-state index in [1.165, 1.54) is 0 Å². The number of benzene rings is 2. The van der Waals surface area contributed by atoms with Gasteiger partial charge in [0.05, 0.1) is 17.2 Å². The quantitative estimate of drug-likeness (QED) is 0.827. The van der Waals surface area contributed by atoms with Gasteiger partial charge < -0.3 is 10.1 Å². The third-order valence-electron chi connectivity index (χ3n) is 2.62. The summed E-state index contributed by atoms with van der Waals surface area (Å²) in [6, 6.07) is 12.2. The third-order valence-corrected chi connectivity index (χ3v) is 3.23. The monoisotopic (exact) mass is 307 g/mol. The molecule has 2 aromatic rings. The minimum atomic E-state index is -0.268. The number of hydrogen-bond acceptors (Lipinski definition) is 3. The Kier molecular flexibility index (Phi) is 4.93. The molecule has 0 unspecified atom stereocenters. The lowest BCUT2D eigenvalue weighted by atomic mass is 10.2. The normalized spacial score (nSPS) is 10.2. The number of anilines is 1. The molecule has 0 atom stereocenters. The predicted molar refractivity (Wildman–Crippen MR) is 84.3 cm³/mol. The topological polar surface area (TPSA) is 38.3 Å². The molecule has 5 heteroatoms. The molecule has 104 valence electrons. The lowest BCUT2D eigenvalue weighted by Crippen LogP contribution is -2.12. The van der Waals surface area contributed by atoms with Gasteiger partial charge in [0.15, 0.2) is 0 Å². The Morgan fingerprint density at radius 1 is 1.25 bits per heavy atom. The molecule has 0 saturated heterocycles. The number of carbonyl (C=O) groups excluding carboxylic acids is 1. The number of halogens is 1. The fraction of sp³-hybridized carbons (Fsp3) is 0.133. The Balaban J connectivity index is 2.13. The van der Waals surface area contributed by atoms with Gasteiger partial charge in [-0.05, 0) is 49.4 Å². The highest BCUT2D eigenvalue weighted by Gasteiger charge is 2.11. The molecule has 3 nitrogen and oxygen atoms in total. The second-order valence-electron chi connectivity index (χ2n) is 4.08. The molecule has 2 rings (SSSR count). The van der Waals surface area contributed by atoms with Crippen molar-refractivity contribution in [2.45, 2.75) is 11.8 Å². The molecule has 0 fully saturated rings. The molecular formula is C15H14ClNO2S. The van der Waals surface area contributed by atoms with Crippen molar-refractivity contribution in [3.05, 3.63) is 53.1 Å². The van der Waals surface area contributed by atoms with Crippen LogP contribution in [0.3, 0.4) is 0 Å². The van der Waals surface area contributed by atoms with Crippen LogP contribution in [0.25, 0.3) is 0 Å². The fourth-order valence-corrected chi connectivity index (χ4v) is 2.09. The average Bonchev–Trinajstić information content (AvgIpc) is 2.44. The van der Waals surface area contributed by atoms with Gasteiger partial charge in [0, 0.05) is 10.6 Å². The zero-order chi connectivity index (χ0) is 14.5. The van der Waals surface area contributed by atoms with Gasteiger partial charge in [-0.25, -0.2) is 0 Å². The van der Waals surface area contributed by atoms with E-state index >= 15 is 0 Å². The summed E-state index contributed by atoms with van der Waals surface area (Å²) in [7, 11) is 0. The van der Waals surface area contributed by atoms with E-state index in [1.807, 2.05) is 6.92 Å². The van der Waals surface area contributed by atoms with Crippen LogP contribution >= 0.6 is 24.2 Å². The van der Waals surface area contributed by atoms with E-state index < -0.39 is 0 Å². The van der Waals surface area contributed by atoms with Crippen molar-refractivity contribution >= 4 is 35.8 Å². The van der Waals surface area contributed by atoms with Crippen molar-refractivity contribution in [3.63, 3.8) is 0 Å². The van der Waals surface area contributed by atoms with E-state index in [0.717, 1.165) is 5.75 Å². The van der Waals surface area contributed by atoms with Gasteiger partial charge in [-0.3, -0.25) is 4.79 Å². The molecular weight excluding hydrogens is 294 g/mol. The molecule has 0 heterocycles. The summed E-state index contributed by atoms with van der Waals surface area (Å²) in [5.41, 5.74) is 1.08. The van der Waals surface area contributed by atoms with Gasteiger partial charge in [-0.2, -0.15) is 0 Å². The summed E-state index contributed by atoms with van der Waals surface area (Å²) >= 11 is 10.2. The van der Waals surface area contributed by atoms with Crippen molar-refractivity contribution in [2.24, 2.45) is 0 Å². The number of amides is 1. The number of carbonyl (C=O) groups is 1. The highest BCUT2D eigenvalue weighted by atomic mass is 35.5. The summed E-state index contributed by atoms with van der Waals surface area (Å²) < 4.78 is 5.34. The van der Waals surface area contributed by atoms with E-state index in [1.54, 1.807) is 42.5 Å². The van der Waals surface area contributed by atoms with Gasteiger partial charge in [0.25, 0.3) is 5.91 Å². The van der Waals surface area contributed by atoms with Crippen LogP contribution < -0.4 is 10.1 Å². The van der Waals surface area contributed by atoms with Crippen molar-refractivity contribution in [1.82, 2.24) is 0 Å². The lowest BCUT2D eigenvalue weighted by Gasteiger charge is -2.08. The van der Waals surface area contributed by atoms with E-state index in [4.69, 9.17) is 16.3 Å². The Bertz CT molecular complexity index is 614. The smallest absolute Gasteiger partial charge is 0.257 e. The number of nitrogens with one attached hydrogen (secondary N) is 1. The zero-order valence-electron chi connectivity index (χ0n) is 10.9. The first kappa shape index (κ1) is 14.8. The maximum atomic E-state index is 12.1. The van der Waals surface area contributed by atoms with Gasteiger partial charge >= 0.3 is 0 Å². The molecule has 0 spiro atoms. The Labute approximate surface area is 128 Å². The summed E-state index contributed by atoms with van der Waals surface area (Å²) in [5.74, 6) is 0.496. The first-order valence-corrected chi connectivity index (χ1v) is 6.95. The molecule has 1 N–H and O–H groups in total. The molecule has 1 amide bonds. The maximum Gasteiger partial charge on any atom is 0.257 e. The number of hydrogen-bond donors (Lipinski definition) is 2. The molecule has 0 aliphatic heterocycles. The summed E-state index contributed by atoms with van der Waals surface area (Å²) in [5, 5.41) is 3.18. The predicted octanol–water partition coefficient (Wildman–Crippen LogP) is 4.28. The number of thiol groups is 1. The van der Waals surface area contributed by atoms with Crippen molar-refractivity contribution in [2.75, 3.05) is 11.9 Å². The maximum absolute atomic E-state index is 12.1. The molecule has 0 saturated carbocycles. The standard InChI is InChI=1S/C15H14ClNO2S/c1-2-19-11-5-3-10(4-6-11)17-15(18)13-9-12(20)7-8-14(13)16/h3-9,20H,2H2,1H3,(H,17,18). The van der Waals surface area contributed by atoms with E-state index in [-0.39, 0.29) is 5.91 Å². The van der Waals surface area contributed by atoms with Crippen molar-refractivity contribution < 1.29 is 9.53 Å². The first-order valence-electron chi connectivity index (χ1n) is 6.13. The molecule has 0 bridgehead atoms. The average molecular weight is 308 g/mol. The highest BCUT2D eigenvalue weighted by molar-refractivity contribution is 7.80. The van der Waals surface area contributed by atoms with Crippen LogP contribution in [0.2, 0.25) is 5.02 Å². The van der Waals surface area contributed by atoms with Crippen LogP contribution in [-0.2, 0) is 0 Å². The largest absolute Gasteiger partial charge is 0.494 e. The third kappa shape index (κ3) is 3.68. The minimum Gasteiger partial charge on any atom is -0.494 e. The molecule has 0 aliphatic rings. The van der Waals surface area contributed by atoms with Crippen molar-refractivity contribution in [1.29, 1.82) is 0 Å². The summed E-state index contributed by atoms with van der Waals surface area (Å²) in [4.78, 5) is 12.8. The zero-order valence-corrected chi connectivity index (χ0v) is 12.5. The second-order valence-corrected chi connectivity index (χ2v) is 5.00. The highest BCUT2D eigenvalue weighted by Crippen LogP contribution is 2.22. The molecule has 0 aromatic heterocycles. The Morgan fingerprint density at radius 3 is 2.60 bits per heavy atom. The molecule has 0 radical (unpaired) electrons. The van der Waals surface area contributed by atoms with E-state index in [0.29, 0.717) is 27.8 Å². The number of rotatable bonds is 4. The summed E-state index contributed by atoms with van der Waals surface area (Å²) in [6.45, 7) is 2.53. The van der Waals surface area contributed by atoms with E-state index in [2.05, 4.69) is 17.9 Å². The van der Waals surface area contributed by atoms with E-state index in [9.17, 15) is 4.79 Å². The molecule has 2 aromatic carbocycles. The van der Waals surface area contributed by atoms with Crippen molar-refractivity contribution in [3.8, 4) is 5.75 Å². The van der Waals surface area contributed by atoms with Gasteiger partial charge in [0.1, 0.15) is 5.75 Å². The number of ether oxygens (including phenoxy) is 1. The Morgan fingerprint density at radius 2 is 1.95 bits per heavy atom. The van der Waals surface area contributed by atoms with Crippen LogP contribution in [0.5, 0.6) is 5.75 Å². The van der Waals surface area contributed by atoms with Crippen LogP contribution in [-0.4, -0.2) is 12.5 Å². The SMILES string of the molecule is CCOc1ccc(NC(=O)c2cc(S)ccc2Cl)cc1. The van der Waals surface area contributed by atoms with Crippen LogP contribution in [0.15, 0.2) is 47.4 Å². The second kappa shape index (κ2) is 6.68. The van der Waals surface area contributed by atoms with Crippen LogP contribution in [0.1, 0.15) is 17.3 Å². The molecule has 0 aliphatic carbocycles. The first-order chi connectivity index (χ1) is 9.60. The fourth-order valence-electron chi connectivity index (χ4n) is 1.69. The summed E-state index contributed by atoms with van der Waals surface area (Å²) in [6.07, 6.45) is 0.